The minimum Gasteiger partial charge on any atom is -0.457 e. The van der Waals surface area contributed by atoms with Crippen LogP contribution in [0.4, 0.5) is 0 Å². The van der Waals surface area contributed by atoms with Crippen LogP contribution in [0.25, 0.3) is 0 Å². The molecule has 0 aromatic heterocycles. The Bertz CT molecular complexity index is 870. The highest BCUT2D eigenvalue weighted by atomic mass is 16.5. The predicted octanol–water partition coefficient (Wildman–Crippen LogP) is 2.06. The third-order valence-corrected chi connectivity index (χ3v) is 4.96. The fourth-order valence-electron chi connectivity index (χ4n) is 3.38. The number of aliphatic hydroxyl groups excluding tert-OH is 1. The number of hydrogen-bond acceptors (Lipinski definition) is 5. The molecule has 0 unspecified atom stereocenters. The van der Waals surface area contributed by atoms with E-state index in [4.69, 9.17) is 4.74 Å². The van der Waals surface area contributed by atoms with Gasteiger partial charge in [-0.15, -0.1) is 0 Å². The van der Waals surface area contributed by atoms with Crippen LogP contribution in [0.1, 0.15) is 25.8 Å². The summed E-state index contributed by atoms with van der Waals surface area (Å²) in [6, 6.07) is 16.7. The monoisotopic (exact) mass is 411 g/mol. The van der Waals surface area contributed by atoms with E-state index in [-0.39, 0.29) is 24.8 Å². The van der Waals surface area contributed by atoms with E-state index in [0.29, 0.717) is 19.6 Å². The van der Waals surface area contributed by atoms with Crippen LogP contribution in [0, 0.1) is 0 Å². The quantitative estimate of drug-likeness (QED) is 0.619. The Balaban J connectivity index is 1.68. The maximum absolute atomic E-state index is 12.5. The number of ether oxygens (including phenoxy) is 1. The molecule has 1 saturated heterocycles. The van der Waals surface area contributed by atoms with Gasteiger partial charge in [0.15, 0.2) is 0 Å². The molecule has 0 aliphatic carbocycles. The Hall–Kier alpha value is -2.90. The predicted molar refractivity (Wildman–Crippen MR) is 114 cm³/mol. The maximum Gasteiger partial charge on any atom is 0.237 e. The summed E-state index contributed by atoms with van der Waals surface area (Å²) in [6.45, 7) is 5.02. The van der Waals surface area contributed by atoms with Gasteiger partial charge in [0.2, 0.25) is 11.8 Å². The smallest absolute Gasteiger partial charge is 0.237 e. The van der Waals surface area contributed by atoms with Gasteiger partial charge in [0, 0.05) is 19.6 Å². The molecule has 160 valence electrons. The van der Waals surface area contributed by atoms with Crippen molar-refractivity contribution in [1.82, 2.24) is 15.5 Å². The molecule has 7 nitrogen and oxygen atoms in total. The molecule has 1 fully saturated rings. The van der Waals surface area contributed by atoms with Crippen molar-refractivity contribution in [3.05, 3.63) is 60.2 Å². The largest absolute Gasteiger partial charge is 0.457 e. The number of nitrogens with zero attached hydrogens (tertiary/aromatic N) is 1. The van der Waals surface area contributed by atoms with Gasteiger partial charge in [-0.05, 0) is 43.7 Å². The normalized spacial score (nSPS) is 17.3. The van der Waals surface area contributed by atoms with E-state index in [1.54, 1.807) is 13.8 Å². The number of carbonyl (C=O) groups excluding carboxylic acids is 2. The Morgan fingerprint density at radius 3 is 2.67 bits per heavy atom. The summed E-state index contributed by atoms with van der Waals surface area (Å²) >= 11 is 0. The average Bonchev–Trinajstić information content (AvgIpc) is 2.71. The number of piperazine rings is 1. The molecule has 0 spiro atoms. The molecule has 30 heavy (non-hydrogen) atoms. The highest BCUT2D eigenvalue weighted by molar-refractivity contribution is 5.89. The second-order valence-corrected chi connectivity index (χ2v) is 8.13. The molecule has 1 atom stereocenters. The lowest BCUT2D eigenvalue weighted by Crippen LogP contribution is -2.57. The fourth-order valence-corrected chi connectivity index (χ4v) is 3.38. The van der Waals surface area contributed by atoms with Crippen LogP contribution in [-0.2, 0) is 16.1 Å². The average molecular weight is 412 g/mol. The number of carbonyl (C=O) groups is 2. The van der Waals surface area contributed by atoms with Crippen molar-refractivity contribution in [2.24, 2.45) is 0 Å². The number of para-hydroxylation sites is 1. The van der Waals surface area contributed by atoms with Gasteiger partial charge in [-0.2, -0.15) is 0 Å². The zero-order chi connectivity index (χ0) is 21.6. The standard InChI is InChI=1S/C23H29N3O4/c1-23(2,16-27)25-21(28)14-20-22(29)24-11-12-26(20)15-17-7-6-10-19(13-17)30-18-8-4-3-5-9-18/h3-10,13,20,27H,11-12,14-16H2,1-2H3,(H,24,29)(H,25,28)/t20-/m1/s1. The number of nitrogens with one attached hydrogen (secondary N) is 2. The Kier molecular flexibility index (Phi) is 7.07. The van der Waals surface area contributed by atoms with Crippen LogP contribution in [0.5, 0.6) is 11.5 Å². The second-order valence-electron chi connectivity index (χ2n) is 8.13. The van der Waals surface area contributed by atoms with E-state index in [2.05, 4.69) is 10.6 Å². The summed E-state index contributed by atoms with van der Waals surface area (Å²) in [7, 11) is 0. The minimum absolute atomic E-state index is 0.0372. The van der Waals surface area contributed by atoms with Crippen molar-refractivity contribution < 1.29 is 19.4 Å². The number of rotatable bonds is 8. The Morgan fingerprint density at radius 2 is 1.93 bits per heavy atom. The van der Waals surface area contributed by atoms with Gasteiger partial charge >= 0.3 is 0 Å². The zero-order valence-electron chi connectivity index (χ0n) is 17.4. The highest BCUT2D eigenvalue weighted by Gasteiger charge is 2.32. The third-order valence-electron chi connectivity index (χ3n) is 4.96. The summed E-state index contributed by atoms with van der Waals surface area (Å²) in [5, 5.41) is 15.0. The summed E-state index contributed by atoms with van der Waals surface area (Å²) in [5.74, 6) is 1.06. The molecule has 3 N–H and O–H groups in total. The molecule has 1 aliphatic heterocycles. The third kappa shape index (κ3) is 6.05. The van der Waals surface area contributed by atoms with E-state index in [0.717, 1.165) is 17.1 Å². The van der Waals surface area contributed by atoms with Gasteiger partial charge in [0.25, 0.3) is 0 Å². The lowest BCUT2D eigenvalue weighted by atomic mass is 10.0. The maximum atomic E-state index is 12.5. The summed E-state index contributed by atoms with van der Waals surface area (Å²) in [4.78, 5) is 26.9. The highest BCUT2D eigenvalue weighted by Crippen LogP contribution is 2.23. The van der Waals surface area contributed by atoms with Crippen molar-refractivity contribution >= 4 is 11.8 Å². The molecule has 0 radical (unpaired) electrons. The second kappa shape index (κ2) is 9.73. The fraction of sp³-hybridized carbons (Fsp3) is 0.391. The molecule has 3 rings (SSSR count). The molecular formula is C23H29N3O4. The molecule has 0 bridgehead atoms. The number of aliphatic hydroxyl groups is 1. The molecule has 2 aromatic carbocycles. The first kappa shape index (κ1) is 21.8. The first-order valence-corrected chi connectivity index (χ1v) is 10.1. The summed E-state index contributed by atoms with van der Waals surface area (Å²) < 4.78 is 5.90. The Labute approximate surface area is 177 Å². The van der Waals surface area contributed by atoms with Gasteiger partial charge in [-0.25, -0.2) is 0 Å². The molecular weight excluding hydrogens is 382 g/mol. The topological polar surface area (TPSA) is 90.9 Å². The molecule has 7 heteroatoms. The van der Waals surface area contributed by atoms with Crippen LogP contribution in [-0.4, -0.2) is 53.1 Å². The van der Waals surface area contributed by atoms with Crippen molar-refractivity contribution in [2.45, 2.75) is 38.4 Å². The number of benzene rings is 2. The van der Waals surface area contributed by atoms with Gasteiger partial charge < -0.3 is 20.5 Å². The SMILES string of the molecule is CC(C)(CO)NC(=O)C[C@@H]1C(=O)NCCN1Cc1cccc(Oc2ccccc2)c1. The summed E-state index contributed by atoms with van der Waals surface area (Å²) in [5.41, 5.74) is 0.273. The van der Waals surface area contributed by atoms with Gasteiger partial charge in [-0.1, -0.05) is 30.3 Å². The van der Waals surface area contributed by atoms with Crippen LogP contribution >= 0.6 is 0 Å². The van der Waals surface area contributed by atoms with Crippen molar-refractivity contribution in [1.29, 1.82) is 0 Å². The summed E-state index contributed by atoms with van der Waals surface area (Å²) in [6.07, 6.45) is 0.0372. The van der Waals surface area contributed by atoms with Gasteiger partial charge in [0.1, 0.15) is 11.5 Å². The zero-order valence-corrected chi connectivity index (χ0v) is 17.4. The molecule has 1 aliphatic rings. The number of hydrogen-bond donors (Lipinski definition) is 3. The van der Waals surface area contributed by atoms with Gasteiger partial charge in [-0.3, -0.25) is 14.5 Å². The molecule has 2 aromatic rings. The first-order valence-electron chi connectivity index (χ1n) is 10.1. The van der Waals surface area contributed by atoms with Crippen LogP contribution in [0.15, 0.2) is 54.6 Å². The van der Waals surface area contributed by atoms with Crippen LogP contribution < -0.4 is 15.4 Å². The van der Waals surface area contributed by atoms with E-state index in [1.165, 1.54) is 0 Å². The molecule has 1 heterocycles. The molecule has 2 amide bonds. The van der Waals surface area contributed by atoms with Crippen molar-refractivity contribution in [3.63, 3.8) is 0 Å². The molecule has 0 saturated carbocycles. The van der Waals surface area contributed by atoms with Crippen LogP contribution in [0.3, 0.4) is 0 Å². The lowest BCUT2D eigenvalue weighted by molar-refractivity contribution is -0.135. The van der Waals surface area contributed by atoms with E-state index in [9.17, 15) is 14.7 Å². The Morgan fingerprint density at radius 1 is 1.20 bits per heavy atom. The van der Waals surface area contributed by atoms with E-state index < -0.39 is 11.6 Å². The van der Waals surface area contributed by atoms with Crippen molar-refractivity contribution in [2.75, 3.05) is 19.7 Å². The van der Waals surface area contributed by atoms with E-state index in [1.807, 2.05) is 59.5 Å². The van der Waals surface area contributed by atoms with Crippen LogP contribution in [0.2, 0.25) is 0 Å². The minimum atomic E-state index is -0.726. The van der Waals surface area contributed by atoms with Crippen molar-refractivity contribution in [3.8, 4) is 11.5 Å². The van der Waals surface area contributed by atoms with E-state index >= 15 is 0 Å². The first-order chi connectivity index (χ1) is 14.4. The van der Waals surface area contributed by atoms with Gasteiger partial charge in [0.05, 0.1) is 24.6 Å². The lowest BCUT2D eigenvalue weighted by Gasteiger charge is -2.35. The number of amides is 2.